The largest absolute Gasteiger partial charge is 0.466 e. The number of esters is 1. The molecule has 77 heavy (non-hydrogen) atoms. The first-order chi connectivity index (χ1) is 38.0. The quantitative estimate of drug-likeness (QED) is 0.0320. The molecule has 0 radical (unpaired) electrons. The van der Waals surface area contributed by atoms with E-state index >= 15 is 0 Å². The lowest BCUT2D eigenvalue weighted by molar-refractivity contribution is -0.143. The van der Waals surface area contributed by atoms with E-state index in [-0.39, 0.29) is 18.5 Å². The monoisotopic (exact) mass is 1080 g/mol. The van der Waals surface area contributed by atoms with Gasteiger partial charge in [0.25, 0.3) is 0 Å². The van der Waals surface area contributed by atoms with Crippen LogP contribution >= 0.6 is 0 Å². The van der Waals surface area contributed by atoms with Crippen molar-refractivity contribution in [3.8, 4) is 0 Å². The number of hydrogen-bond acceptors (Lipinski definition) is 5. The third-order valence-electron chi connectivity index (χ3n) is 16.5. The summed E-state index contributed by atoms with van der Waals surface area (Å²) < 4.78 is 5.50. The van der Waals surface area contributed by atoms with Crippen LogP contribution in [0.4, 0.5) is 0 Å². The zero-order valence-electron chi connectivity index (χ0n) is 52.2. The summed E-state index contributed by atoms with van der Waals surface area (Å²) >= 11 is 0. The number of unbranched alkanes of at least 4 members (excludes halogenated alkanes) is 53. The van der Waals surface area contributed by atoms with E-state index in [1.165, 1.54) is 327 Å². The molecule has 0 saturated carbocycles. The third-order valence-corrected chi connectivity index (χ3v) is 16.5. The maximum absolute atomic E-state index is 12.5. The number of aliphatic hydroxyl groups is 2. The van der Waals surface area contributed by atoms with E-state index in [0.29, 0.717) is 19.4 Å². The molecule has 6 nitrogen and oxygen atoms in total. The molecule has 0 rings (SSSR count). The van der Waals surface area contributed by atoms with Gasteiger partial charge in [-0.05, 0) is 57.8 Å². The Balaban J connectivity index is 3.41. The Kier molecular flexibility index (Phi) is 65.4. The second-order valence-electron chi connectivity index (χ2n) is 24.2. The van der Waals surface area contributed by atoms with Crippen molar-refractivity contribution in [2.24, 2.45) is 0 Å². The molecule has 2 unspecified atom stereocenters. The molecule has 0 aliphatic heterocycles. The minimum Gasteiger partial charge on any atom is -0.466 e. The molecule has 0 aliphatic carbocycles. The Morgan fingerprint density at radius 1 is 0.351 bits per heavy atom. The van der Waals surface area contributed by atoms with Crippen molar-refractivity contribution >= 4 is 11.9 Å². The summed E-state index contributed by atoms with van der Waals surface area (Å²) in [7, 11) is 0. The summed E-state index contributed by atoms with van der Waals surface area (Å²) in [6, 6.07) is -0.632. The highest BCUT2D eigenvalue weighted by molar-refractivity contribution is 5.76. The van der Waals surface area contributed by atoms with E-state index in [1.54, 1.807) is 6.08 Å². The van der Waals surface area contributed by atoms with Crippen LogP contribution in [0.5, 0.6) is 0 Å². The number of amides is 1. The summed E-state index contributed by atoms with van der Waals surface area (Å²) in [4.78, 5) is 24.6. The molecule has 0 aromatic rings. The fraction of sp³-hybridized carbons (Fsp3) is 0.915. The minimum atomic E-state index is -0.848. The Labute approximate surface area is 481 Å². The molecule has 0 heterocycles. The van der Waals surface area contributed by atoms with Gasteiger partial charge in [0.2, 0.25) is 5.91 Å². The fourth-order valence-corrected chi connectivity index (χ4v) is 11.1. The molecule has 0 aromatic carbocycles. The molecule has 1 amide bonds. The number of ether oxygens (including phenoxy) is 1. The van der Waals surface area contributed by atoms with Gasteiger partial charge >= 0.3 is 5.97 Å². The lowest BCUT2D eigenvalue weighted by atomic mass is 10.0. The normalized spacial score (nSPS) is 12.6. The molecule has 0 saturated heterocycles. The second kappa shape index (κ2) is 66.8. The number of carbonyl (C=O) groups is 2. The van der Waals surface area contributed by atoms with Gasteiger partial charge in [0, 0.05) is 12.8 Å². The van der Waals surface area contributed by atoms with Gasteiger partial charge in [-0.2, -0.15) is 0 Å². The van der Waals surface area contributed by atoms with Crippen molar-refractivity contribution in [2.75, 3.05) is 13.2 Å². The summed E-state index contributed by atoms with van der Waals surface area (Å²) in [5.41, 5.74) is 0. The van der Waals surface area contributed by atoms with E-state index in [4.69, 9.17) is 4.74 Å². The van der Waals surface area contributed by atoms with Crippen LogP contribution in [0.1, 0.15) is 393 Å². The van der Waals surface area contributed by atoms with Crippen molar-refractivity contribution in [3.05, 3.63) is 24.3 Å². The molecule has 0 aromatic heterocycles. The van der Waals surface area contributed by atoms with Crippen LogP contribution in [0.2, 0.25) is 0 Å². The van der Waals surface area contributed by atoms with Crippen molar-refractivity contribution in [3.63, 3.8) is 0 Å². The van der Waals surface area contributed by atoms with Crippen LogP contribution in [0.3, 0.4) is 0 Å². The first-order valence-electron chi connectivity index (χ1n) is 35.1. The molecular formula is C71H137NO5. The zero-order valence-corrected chi connectivity index (χ0v) is 52.2. The second-order valence-corrected chi connectivity index (χ2v) is 24.2. The van der Waals surface area contributed by atoms with E-state index < -0.39 is 12.1 Å². The van der Waals surface area contributed by atoms with Crippen LogP contribution < -0.4 is 5.32 Å². The summed E-state index contributed by atoms with van der Waals surface area (Å²) in [5.74, 6) is -0.0522. The lowest BCUT2D eigenvalue weighted by Gasteiger charge is -2.20. The van der Waals surface area contributed by atoms with Gasteiger partial charge in [-0.3, -0.25) is 9.59 Å². The Bertz CT molecular complexity index is 1200. The number of rotatable bonds is 66. The highest BCUT2D eigenvalue weighted by Gasteiger charge is 2.18. The smallest absolute Gasteiger partial charge is 0.305 e. The van der Waals surface area contributed by atoms with E-state index in [9.17, 15) is 19.8 Å². The van der Waals surface area contributed by atoms with Crippen molar-refractivity contribution in [1.29, 1.82) is 0 Å². The zero-order chi connectivity index (χ0) is 55.7. The van der Waals surface area contributed by atoms with Crippen molar-refractivity contribution < 1.29 is 24.5 Å². The Morgan fingerprint density at radius 2 is 0.610 bits per heavy atom. The standard InChI is InChI=1S/C71H137NO5/c1-3-5-7-9-11-13-15-17-19-21-28-32-35-39-43-47-51-55-59-63-69(74)68(67-73)72-70(75)64-60-56-52-48-44-40-36-33-29-26-24-22-23-25-27-30-34-38-42-46-50-54-58-62-66-77-71(76)65-61-57-53-49-45-41-37-31-20-18-16-14-12-10-8-6-4-2/h24,26,59,63,68-69,73-74H,3-23,25,27-58,60-62,64-67H2,1-2H3,(H,72,75)/b26-24-,63-59+. The molecule has 456 valence electrons. The highest BCUT2D eigenvalue weighted by Crippen LogP contribution is 2.19. The predicted octanol–water partition coefficient (Wildman–Crippen LogP) is 22.5. The van der Waals surface area contributed by atoms with Gasteiger partial charge < -0.3 is 20.3 Å². The van der Waals surface area contributed by atoms with Crippen LogP contribution in [-0.2, 0) is 14.3 Å². The number of aliphatic hydroxyl groups excluding tert-OH is 2. The molecule has 0 aliphatic rings. The minimum absolute atomic E-state index is 0.0168. The number of hydrogen-bond donors (Lipinski definition) is 3. The van der Waals surface area contributed by atoms with E-state index in [2.05, 4.69) is 31.3 Å². The Morgan fingerprint density at radius 3 is 0.922 bits per heavy atom. The average molecular weight is 1080 g/mol. The topological polar surface area (TPSA) is 95.9 Å². The maximum atomic E-state index is 12.5. The van der Waals surface area contributed by atoms with Crippen LogP contribution in [0, 0.1) is 0 Å². The first-order valence-corrected chi connectivity index (χ1v) is 35.1. The van der Waals surface area contributed by atoms with Crippen molar-refractivity contribution in [1.82, 2.24) is 5.32 Å². The summed E-state index contributed by atoms with van der Waals surface area (Å²) in [6.45, 7) is 4.94. The number of nitrogens with one attached hydrogen (secondary N) is 1. The van der Waals surface area contributed by atoms with Crippen LogP contribution in [0.15, 0.2) is 24.3 Å². The predicted molar refractivity (Wildman–Crippen MR) is 338 cm³/mol. The van der Waals surface area contributed by atoms with Gasteiger partial charge in [-0.1, -0.05) is 346 Å². The number of carbonyl (C=O) groups excluding carboxylic acids is 2. The summed E-state index contributed by atoms with van der Waals surface area (Å²) in [5, 5.41) is 23.2. The lowest BCUT2D eigenvalue weighted by Crippen LogP contribution is -2.45. The molecular weight excluding hydrogens is 947 g/mol. The molecule has 6 heteroatoms. The Hall–Kier alpha value is -1.66. The molecule has 3 N–H and O–H groups in total. The molecule has 2 atom stereocenters. The van der Waals surface area contributed by atoms with Gasteiger partial charge in [-0.25, -0.2) is 0 Å². The third kappa shape index (κ3) is 63.4. The first kappa shape index (κ1) is 75.3. The number of allylic oxidation sites excluding steroid dienone is 3. The van der Waals surface area contributed by atoms with Gasteiger partial charge in [0.05, 0.1) is 25.4 Å². The van der Waals surface area contributed by atoms with Gasteiger partial charge in [0.15, 0.2) is 0 Å². The van der Waals surface area contributed by atoms with E-state index in [1.807, 2.05) is 6.08 Å². The van der Waals surface area contributed by atoms with Crippen molar-refractivity contribution in [2.45, 2.75) is 405 Å². The molecule has 0 spiro atoms. The molecule has 0 fully saturated rings. The average Bonchev–Trinajstić information content (AvgIpc) is 3.43. The van der Waals surface area contributed by atoms with Crippen LogP contribution in [0.25, 0.3) is 0 Å². The maximum Gasteiger partial charge on any atom is 0.305 e. The summed E-state index contributed by atoms with van der Waals surface area (Å²) in [6.07, 6.45) is 83.9. The van der Waals surface area contributed by atoms with Gasteiger partial charge in [-0.15, -0.1) is 0 Å². The van der Waals surface area contributed by atoms with E-state index in [0.717, 1.165) is 38.5 Å². The SMILES string of the molecule is CCCCCCCCCCCCCCCCCCC/C=C/C(O)C(CO)NC(=O)CCCCCCCCCC/C=C\CCCCCCCCCCCCCCOC(=O)CCCCCCCCCCCCCCCCCCC. The fourth-order valence-electron chi connectivity index (χ4n) is 11.1. The molecule has 0 bridgehead atoms. The van der Waals surface area contributed by atoms with Gasteiger partial charge in [0.1, 0.15) is 0 Å². The van der Waals surface area contributed by atoms with Crippen LogP contribution in [-0.4, -0.2) is 47.4 Å². The highest BCUT2D eigenvalue weighted by atomic mass is 16.5.